The second-order valence-corrected chi connectivity index (χ2v) is 5.10. The summed E-state index contributed by atoms with van der Waals surface area (Å²) in [4.78, 5) is 8.38. The summed E-state index contributed by atoms with van der Waals surface area (Å²) in [6.45, 7) is 0. The van der Waals surface area contributed by atoms with Gasteiger partial charge in [-0.15, -0.1) is 0 Å². The molecule has 6 heteroatoms. The Labute approximate surface area is 131 Å². The first kappa shape index (κ1) is 13.8. The number of nitrogens with zero attached hydrogens (tertiary/aromatic N) is 3. The van der Waals surface area contributed by atoms with E-state index in [9.17, 15) is 0 Å². The van der Waals surface area contributed by atoms with Crippen LogP contribution in [0.15, 0.2) is 53.9 Å². The van der Waals surface area contributed by atoms with Gasteiger partial charge in [0.15, 0.2) is 5.82 Å². The predicted molar refractivity (Wildman–Crippen MR) is 87.2 cm³/mol. The van der Waals surface area contributed by atoms with Crippen LogP contribution in [0.25, 0.3) is 10.9 Å². The molecule has 2 aromatic carbocycles. The highest BCUT2D eigenvalue weighted by Gasteiger charge is 2.01. The molecule has 4 nitrogen and oxygen atoms in total. The number of fused-ring (bicyclic) bond motifs is 1. The van der Waals surface area contributed by atoms with Crippen LogP contribution in [0, 0.1) is 0 Å². The first-order valence-corrected chi connectivity index (χ1v) is 6.93. The highest BCUT2D eigenvalue weighted by molar-refractivity contribution is 6.42. The van der Waals surface area contributed by atoms with E-state index in [1.807, 2.05) is 30.3 Å². The van der Waals surface area contributed by atoms with Crippen LogP contribution < -0.4 is 5.43 Å². The molecule has 0 atom stereocenters. The van der Waals surface area contributed by atoms with Gasteiger partial charge < -0.3 is 0 Å². The zero-order chi connectivity index (χ0) is 14.7. The van der Waals surface area contributed by atoms with Crippen molar-refractivity contribution in [3.63, 3.8) is 0 Å². The highest BCUT2D eigenvalue weighted by atomic mass is 35.5. The van der Waals surface area contributed by atoms with E-state index in [2.05, 4.69) is 20.5 Å². The first-order valence-electron chi connectivity index (χ1n) is 6.18. The average Bonchev–Trinajstić information content (AvgIpc) is 2.51. The molecule has 0 aliphatic heterocycles. The lowest BCUT2D eigenvalue weighted by atomic mass is 10.2. The maximum atomic E-state index is 5.95. The molecule has 0 fully saturated rings. The van der Waals surface area contributed by atoms with E-state index in [-0.39, 0.29) is 0 Å². The van der Waals surface area contributed by atoms with Gasteiger partial charge in [-0.2, -0.15) is 5.10 Å². The molecule has 0 aliphatic rings. The van der Waals surface area contributed by atoms with E-state index in [1.165, 1.54) is 6.33 Å². The second-order valence-electron chi connectivity index (χ2n) is 4.28. The van der Waals surface area contributed by atoms with E-state index in [0.717, 1.165) is 16.5 Å². The normalized spacial score (nSPS) is 11.1. The number of hydrogen-bond acceptors (Lipinski definition) is 4. The van der Waals surface area contributed by atoms with Gasteiger partial charge in [-0.05, 0) is 29.8 Å². The van der Waals surface area contributed by atoms with Crippen molar-refractivity contribution in [2.75, 3.05) is 5.43 Å². The lowest BCUT2D eigenvalue weighted by molar-refractivity contribution is 1.18. The van der Waals surface area contributed by atoms with Crippen molar-refractivity contribution in [2.45, 2.75) is 0 Å². The third kappa shape index (κ3) is 3.12. The lowest BCUT2D eigenvalue weighted by Gasteiger charge is -2.03. The minimum atomic E-state index is 0.494. The Morgan fingerprint density at radius 2 is 1.86 bits per heavy atom. The predicted octanol–water partition coefficient (Wildman–Crippen LogP) is 4.38. The first-order chi connectivity index (χ1) is 10.2. The zero-order valence-corrected chi connectivity index (χ0v) is 12.3. The van der Waals surface area contributed by atoms with Gasteiger partial charge in [0.1, 0.15) is 6.33 Å². The minimum absolute atomic E-state index is 0.494. The second kappa shape index (κ2) is 6.08. The van der Waals surface area contributed by atoms with Crippen molar-refractivity contribution < 1.29 is 0 Å². The lowest BCUT2D eigenvalue weighted by Crippen LogP contribution is -1.95. The summed E-state index contributed by atoms with van der Waals surface area (Å²) in [6.07, 6.45) is 3.15. The fourth-order valence-corrected chi connectivity index (χ4v) is 2.16. The fourth-order valence-electron chi connectivity index (χ4n) is 1.85. The van der Waals surface area contributed by atoms with E-state index in [4.69, 9.17) is 23.2 Å². The number of rotatable bonds is 3. The van der Waals surface area contributed by atoms with Crippen LogP contribution in [-0.2, 0) is 0 Å². The molecule has 1 N–H and O–H groups in total. The Morgan fingerprint density at radius 3 is 2.71 bits per heavy atom. The molecule has 0 radical (unpaired) electrons. The molecule has 0 saturated heterocycles. The molecule has 0 unspecified atom stereocenters. The summed E-state index contributed by atoms with van der Waals surface area (Å²) < 4.78 is 0. The Kier molecular flexibility index (Phi) is 3.99. The van der Waals surface area contributed by atoms with Crippen LogP contribution >= 0.6 is 23.2 Å². The van der Waals surface area contributed by atoms with Crippen molar-refractivity contribution in [3.05, 3.63) is 64.4 Å². The SMILES string of the molecule is Clc1ccc(/C=N\Nc2ncnc3ccccc23)cc1Cl. The number of halogens is 2. The monoisotopic (exact) mass is 316 g/mol. The largest absolute Gasteiger partial charge is 0.261 e. The van der Waals surface area contributed by atoms with Gasteiger partial charge >= 0.3 is 0 Å². The van der Waals surface area contributed by atoms with Gasteiger partial charge in [-0.1, -0.05) is 41.4 Å². The molecule has 21 heavy (non-hydrogen) atoms. The molecule has 0 amide bonds. The standard InChI is InChI=1S/C15H10Cl2N4/c16-12-6-5-10(7-13(12)17)8-20-21-15-11-3-1-2-4-14(11)18-9-19-15/h1-9H,(H,18,19,21)/b20-8-. The van der Waals surface area contributed by atoms with Gasteiger partial charge in [-0.3, -0.25) is 5.43 Å². The summed E-state index contributed by atoms with van der Waals surface area (Å²) in [5.74, 6) is 0.650. The Hall–Kier alpha value is -2.17. The zero-order valence-electron chi connectivity index (χ0n) is 10.8. The number of nitrogens with one attached hydrogen (secondary N) is 1. The van der Waals surface area contributed by atoms with E-state index in [0.29, 0.717) is 15.9 Å². The quantitative estimate of drug-likeness (QED) is 0.576. The molecule has 0 spiro atoms. The maximum absolute atomic E-state index is 5.95. The van der Waals surface area contributed by atoms with E-state index < -0.39 is 0 Å². The molecular formula is C15H10Cl2N4. The molecule has 1 aromatic heterocycles. The van der Waals surface area contributed by atoms with Crippen LogP contribution in [0.3, 0.4) is 0 Å². The molecule has 0 bridgehead atoms. The number of hydrogen-bond donors (Lipinski definition) is 1. The molecule has 1 heterocycles. The molecule has 3 rings (SSSR count). The Morgan fingerprint density at radius 1 is 1.00 bits per heavy atom. The number of benzene rings is 2. The molecule has 0 aliphatic carbocycles. The van der Waals surface area contributed by atoms with Gasteiger partial charge in [0, 0.05) is 5.39 Å². The number of aromatic nitrogens is 2. The third-order valence-corrected chi connectivity index (χ3v) is 3.61. The van der Waals surface area contributed by atoms with Gasteiger partial charge in [0.2, 0.25) is 0 Å². The Bertz CT molecular complexity index is 812. The van der Waals surface area contributed by atoms with Gasteiger partial charge in [0.05, 0.1) is 21.8 Å². The van der Waals surface area contributed by atoms with E-state index in [1.54, 1.807) is 18.3 Å². The summed E-state index contributed by atoms with van der Waals surface area (Å²) in [6, 6.07) is 13.0. The summed E-state index contributed by atoms with van der Waals surface area (Å²) in [7, 11) is 0. The van der Waals surface area contributed by atoms with Gasteiger partial charge in [0.25, 0.3) is 0 Å². The van der Waals surface area contributed by atoms with Gasteiger partial charge in [-0.25, -0.2) is 9.97 Å². The summed E-state index contributed by atoms with van der Waals surface area (Å²) in [5.41, 5.74) is 4.62. The van der Waals surface area contributed by atoms with Crippen LogP contribution in [0.2, 0.25) is 10.0 Å². The van der Waals surface area contributed by atoms with Crippen molar-refractivity contribution in [2.24, 2.45) is 5.10 Å². The van der Waals surface area contributed by atoms with Crippen molar-refractivity contribution in [1.29, 1.82) is 0 Å². The van der Waals surface area contributed by atoms with Crippen molar-refractivity contribution >= 4 is 46.1 Å². The average molecular weight is 317 g/mol. The molecular weight excluding hydrogens is 307 g/mol. The van der Waals surface area contributed by atoms with Crippen LogP contribution in [0.1, 0.15) is 5.56 Å². The highest BCUT2D eigenvalue weighted by Crippen LogP contribution is 2.22. The third-order valence-electron chi connectivity index (χ3n) is 2.87. The topological polar surface area (TPSA) is 50.2 Å². The Balaban J connectivity index is 1.83. The van der Waals surface area contributed by atoms with Crippen molar-refractivity contribution in [3.8, 4) is 0 Å². The number of hydrazone groups is 1. The fraction of sp³-hybridized carbons (Fsp3) is 0. The van der Waals surface area contributed by atoms with Crippen LogP contribution in [-0.4, -0.2) is 16.2 Å². The smallest absolute Gasteiger partial charge is 0.157 e. The van der Waals surface area contributed by atoms with E-state index >= 15 is 0 Å². The molecule has 104 valence electrons. The molecule has 0 saturated carbocycles. The minimum Gasteiger partial charge on any atom is -0.261 e. The van der Waals surface area contributed by atoms with Crippen molar-refractivity contribution in [1.82, 2.24) is 9.97 Å². The maximum Gasteiger partial charge on any atom is 0.157 e. The summed E-state index contributed by atoms with van der Waals surface area (Å²) >= 11 is 11.8. The molecule has 3 aromatic rings. The summed E-state index contributed by atoms with van der Waals surface area (Å²) in [5, 5.41) is 6.09. The number of para-hydroxylation sites is 1. The number of anilines is 1. The van der Waals surface area contributed by atoms with Crippen LogP contribution in [0.4, 0.5) is 5.82 Å². The van der Waals surface area contributed by atoms with Crippen LogP contribution in [0.5, 0.6) is 0 Å².